The smallest absolute Gasteiger partial charge is 0.326 e. The Hall–Kier alpha value is -2.24. The number of carboxylic acids is 1. The van der Waals surface area contributed by atoms with Crippen LogP contribution < -0.4 is 9.47 Å². The second kappa shape index (κ2) is 8.23. The standard InChI is InChI=1S/C19H27NO5/c1-12(2)9-10-25-16-8-5-14(11-17(16)24-4)18(21)20(15-6-7-15)13(3)19(22)23/h5,8,11-13,15H,6-7,9-10H2,1-4H3,(H,22,23). The summed E-state index contributed by atoms with van der Waals surface area (Å²) < 4.78 is 11.1. The van der Waals surface area contributed by atoms with Crippen LogP contribution in [0.3, 0.4) is 0 Å². The van der Waals surface area contributed by atoms with Crippen LogP contribution in [0.15, 0.2) is 18.2 Å². The molecule has 0 aliphatic heterocycles. The van der Waals surface area contributed by atoms with Crippen LogP contribution in [0, 0.1) is 5.92 Å². The molecule has 1 N–H and O–H groups in total. The maximum Gasteiger partial charge on any atom is 0.326 e. The van der Waals surface area contributed by atoms with E-state index in [1.54, 1.807) is 25.1 Å². The highest BCUT2D eigenvalue weighted by molar-refractivity contribution is 5.97. The molecule has 6 heteroatoms. The summed E-state index contributed by atoms with van der Waals surface area (Å²) in [6.45, 7) is 6.36. The van der Waals surface area contributed by atoms with E-state index in [4.69, 9.17) is 9.47 Å². The Labute approximate surface area is 148 Å². The van der Waals surface area contributed by atoms with Crippen molar-refractivity contribution in [3.05, 3.63) is 23.8 Å². The number of amides is 1. The number of hydrogen-bond donors (Lipinski definition) is 1. The van der Waals surface area contributed by atoms with Crippen LogP contribution in [0.1, 0.15) is 50.4 Å². The van der Waals surface area contributed by atoms with Gasteiger partial charge >= 0.3 is 5.97 Å². The molecule has 0 bridgehead atoms. The lowest BCUT2D eigenvalue weighted by Crippen LogP contribution is -2.44. The predicted octanol–water partition coefficient (Wildman–Crippen LogP) is 3.20. The van der Waals surface area contributed by atoms with E-state index in [1.165, 1.54) is 12.0 Å². The van der Waals surface area contributed by atoms with Crippen molar-refractivity contribution in [1.29, 1.82) is 0 Å². The Bertz CT molecular complexity index is 624. The molecule has 0 aromatic heterocycles. The van der Waals surface area contributed by atoms with E-state index in [2.05, 4.69) is 13.8 Å². The van der Waals surface area contributed by atoms with Gasteiger partial charge in [-0.25, -0.2) is 4.79 Å². The van der Waals surface area contributed by atoms with Gasteiger partial charge in [-0.2, -0.15) is 0 Å². The van der Waals surface area contributed by atoms with E-state index in [1.807, 2.05) is 0 Å². The average molecular weight is 349 g/mol. The van der Waals surface area contributed by atoms with Gasteiger partial charge in [-0.1, -0.05) is 13.8 Å². The van der Waals surface area contributed by atoms with Crippen molar-refractivity contribution in [1.82, 2.24) is 4.90 Å². The van der Waals surface area contributed by atoms with E-state index in [9.17, 15) is 14.7 Å². The van der Waals surface area contributed by atoms with Gasteiger partial charge in [0.2, 0.25) is 0 Å². The van der Waals surface area contributed by atoms with Gasteiger partial charge in [0.25, 0.3) is 5.91 Å². The fourth-order valence-electron chi connectivity index (χ4n) is 2.60. The molecule has 1 aromatic rings. The van der Waals surface area contributed by atoms with E-state index >= 15 is 0 Å². The lowest BCUT2D eigenvalue weighted by molar-refractivity contribution is -0.141. The van der Waals surface area contributed by atoms with E-state index in [0.29, 0.717) is 29.6 Å². The summed E-state index contributed by atoms with van der Waals surface area (Å²) in [5.41, 5.74) is 0.410. The molecular formula is C19H27NO5. The first kappa shape index (κ1) is 19.1. The van der Waals surface area contributed by atoms with Gasteiger partial charge in [0.1, 0.15) is 6.04 Å². The summed E-state index contributed by atoms with van der Waals surface area (Å²) in [6, 6.07) is 4.15. The molecule has 138 valence electrons. The van der Waals surface area contributed by atoms with Crippen molar-refractivity contribution >= 4 is 11.9 Å². The highest BCUT2D eigenvalue weighted by atomic mass is 16.5. The van der Waals surface area contributed by atoms with Crippen LogP contribution in [-0.4, -0.2) is 47.7 Å². The molecule has 1 aliphatic carbocycles. The lowest BCUT2D eigenvalue weighted by atomic mass is 10.1. The third kappa shape index (κ3) is 4.87. The fourth-order valence-corrected chi connectivity index (χ4v) is 2.60. The van der Waals surface area contributed by atoms with Gasteiger partial charge in [0.15, 0.2) is 11.5 Å². The van der Waals surface area contributed by atoms with Crippen molar-refractivity contribution in [2.24, 2.45) is 5.92 Å². The number of nitrogens with zero attached hydrogens (tertiary/aromatic N) is 1. The highest BCUT2D eigenvalue weighted by Gasteiger charge is 2.38. The third-order valence-electron chi connectivity index (χ3n) is 4.31. The number of benzene rings is 1. The predicted molar refractivity (Wildman–Crippen MR) is 94.2 cm³/mol. The van der Waals surface area contributed by atoms with Crippen molar-refractivity contribution in [3.63, 3.8) is 0 Å². The molecule has 1 fully saturated rings. The van der Waals surface area contributed by atoms with Gasteiger partial charge in [-0.15, -0.1) is 0 Å². The first-order chi connectivity index (χ1) is 11.8. The quantitative estimate of drug-likeness (QED) is 0.741. The normalized spacial score (nSPS) is 14.9. The summed E-state index contributed by atoms with van der Waals surface area (Å²) in [4.78, 5) is 25.6. The summed E-state index contributed by atoms with van der Waals surface area (Å²) in [7, 11) is 1.53. The number of aliphatic carboxylic acids is 1. The minimum absolute atomic E-state index is 0.00608. The summed E-state index contributed by atoms with van der Waals surface area (Å²) in [6.07, 6.45) is 2.61. The number of carboxylic acid groups (broad SMARTS) is 1. The molecule has 0 heterocycles. The molecule has 25 heavy (non-hydrogen) atoms. The third-order valence-corrected chi connectivity index (χ3v) is 4.31. The second-order valence-electron chi connectivity index (χ2n) is 6.85. The molecule has 1 saturated carbocycles. The number of methoxy groups -OCH3 is 1. The van der Waals surface area contributed by atoms with E-state index in [-0.39, 0.29) is 11.9 Å². The Kier molecular flexibility index (Phi) is 6.28. The van der Waals surface area contributed by atoms with Crippen LogP contribution in [0.2, 0.25) is 0 Å². The monoisotopic (exact) mass is 349 g/mol. The number of carbonyl (C=O) groups excluding carboxylic acids is 1. The molecule has 1 aromatic carbocycles. The largest absolute Gasteiger partial charge is 0.493 e. The summed E-state index contributed by atoms with van der Waals surface area (Å²) in [5.74, 6) is 0.319. The molecule has 0 radical (unpaired) electrons. The molecule has 1 aliphatic rings. The maximum atomic E-state index is 12.8. The Morgan fingerprint density at radius 2 is 1.92 bits per heavy atom. The van der Waals surface area contributed by atoms with Gasteiger partial charge in [-0.3, -0.25) is 4.79 Å². The number of hydrogen-bond acceptors (Lipinski definition) is 4. The van der Waals surface area contributed by atoms with Gasteiger partial charge < -0.3 is 19.5 Å². The number of carbonyl (C=O) groups is 2. The van der Waals surface area contributed by atoms with Crippen molar-refractivity contribution in [2.45, 2.75) is 52.1 Å². The molecule has 0 spiro atoms. The topological polar surface area (TPSA) is 76.1 Å². The summed E-state index contributed by atoms with van der Waals surface area (Å²) in [5, 5.41) is 9.27. The minimum atomic E-state index is -0.999. The zero-order valence-corrected chi connectivity index (χ0v) is 15.3. The zero-order valence-electron chi connectivity index (χ0n) is 15.3. The van der Waals surface area contributed by atoms with E-state index in [0.717, 1.165) is 19.3 Å². The average Bonchev–Trinajstić information content (AvgIpc) is 3.39. The Balaban J connectivity index is 2.17. The number of rotatable bonds is 9. The van der Waals surface area contributed by atoms with Gasteiger partial charge in [-0.05, 0) is 50.3 Å². The molecule has 1 amide bonds. The van der Waals surface area contributed by atoms with Crippen LogP contribution in [0.5, 0.6) is 11.5 Å². The van der Waals surface area contributed by atoms with Crippen molar-refractivity contribution in [2.75, 3.05) is 13.7 Å². The van der Waals surface area contributed by atoms with Crippen molar-refractivity contribution in [3.8, 4) is 11.5 Å². The van der Waals surface area contributed by atoms with Gasteiger partial charge in [0, 0.05) is 11.6 Å². The number of ether oxygens (including phenoxy) is 2. The van der Waals surface area contributed by atoms with E-state index < -0.39 is 12.0 Å². The fraction of sp³-hybridized carbons (Fsp3) is 0.579. The Morgan fingerprint density at radius 3 is 2.44 bits per heavy atom. The zero-order chi connectivity index (χ0) is 18.6. The summed E-state index contributed by atoms with van der Waals surface area (Å²) >= 11 is 0. The maximum absolute atomic E-state index is 12.8. The van der Waals surface area contributed by atoms with Crippen LogP contribution >= 0.6 is 0 Å². The Morgan fingerprint density at radius 1 is 1.24 bits per heavy atom. The molecule has 2 rings (SSSR count). The van der Waals surface area contributed by atoms with Crippen LogP contribution in [0.4, 0.5) is 0 Å². The molecule has 1 unspecified atom stereocenters. The first-order valence-corrected chi connectivity index (χ1v) is 8.71. The SMILES string of the molecule is COc1cc(C(=O)N(C2CC2)C(C)C(=O)O)ccc1OCCC(C)C. The molecule has 0 saturated heterocycles. The lowest BCUT2D eigenvalue weighted by Gasteiger charge is -2.26. The second-order valence-corrected chi connectivity index (χ2v) is 6.85. The van der Waals surface area contributed by atoms with Crippen molar-refractivity contribution < 1.29 is 24.2 Å². The highest BCUT2D eigenvalue weighted by Crippen LogP contribution is 2.33. The minimum Gasteiger partial charge on any atom is -0.493 e. The van der Waals surface area contributed by atoms with Crippen LogP contribution in [-0.2, 0) is 4.79 Å². The molecule has 1 atom stereocenters. The molecule has 6 nitrogen and oxygen atoms in total. The molecular weight excluding hydrogens is 322 g/mol. The van der Waals surface area contributed by atoms with Crippen LogP contribution in [0.25, 0.3) is 0 Å². The first-order valence-electron chi connectivity index (χ1n) is 8.71. The van der Waals surface area contributed by atoms with Gasteiger partial charge in [0.05, 0.1) is 13.7 Å².